The molecule has 1 aromatic heterocycles. The van der Waals surface area contributed by atoms with Gasteiger partial charge in [0.05, 0.1) is 0 Å². The largest absolute Gasteiger partial charge is 0.436 e. The van der Waals surface area contributed by atoms with Gasteiger partial charge in [0.1, 0.15) is 0 Å². The van der Waals surface area contributed by atoms with Crippen molar-refractivity contribution in [2.24, 2.45) is 23.2 Å². The van der Waals surface area contributed by atoms with Crippen LogP contribution in [0.2, 0.25) is 0 Å². The molecule has 4 heteroatoms. The molecule has 0 saturated heterocycles. The number of nitrogen functional groups attached to an aromatic ring is 1. The van der Waals surface area contributed by atoms with Crippen LogP contribution in [-0.4, -0.2) is 12.5 Å². The van der Waals surface area contributed by atoms with Crippen molar-refractivity contribution in [3.8, 4) is 0 Å². The Bertz CT molecular complexity index is 499. The highest BCUT2D eigenvalue weighted by atomic mass is 16.4. The molecule has 4 aliphatic rings. The number of anilines is 1. The predicted octanol–water partition coefficient (Wildman–Crippen LogP) is 2.81. The molecule has 0 radical (unpaired) electrons. The van der Waals surface area contributed by atoms with Crippen LogP contribution in [0.25, 0.3) is 0 Å². The maximum absolute atomic E-state index is 12.1. The number of carbonyl (C=O) groups is 1. The lowest BCUT2D eigenvalue weighted by molar-refractivity contribution is -0.0504. The monoisotopic (exact) mass is 274 g/mol. The van der Waals surface area contributed by atoms with Gasteiger partial charge in [-0.25, -0.2) is 0 Å². The van der Waals surface area contributed by atoms with E-state index in [1.165, 1.54) is 38.5 Å². The fraction of sp³-hybridized carbons (Fsp3) is 0.688. The van der Waals surface area contributed by atoms with Gasteiger partial charge in [0.25, 0.3) is 5.91 Å². The second-order valence-corrected chi connectivity index (χ2v) is 7.30. The van der Waals surface area contributed by atoms with Crippen molar-refractivity contribution in [3.05, 3.63) is 17.9 Å². The SMILES string of the molecule is Nc1ccc(C(=O)NCC23CC4CC(CC(C4)C2)C3)o1. The zero-order valence-corrected chi connectivity index (χ0v) is 11.7. The van der Waals surface area contributed by atoms with Crippen molar-refractivity contribution in [3.63, 3.8) is 0 Å². The van der Waals surface area contributed by atoms with Crippen molar-refractivity contribution in [2.75, 3.05) is 12.3 Å². The van der Waals surface area contributed by atoms with Crippen molar-refractivity contribution in [1.29, 1.82) is 0 Å². The quantitative estimate of drug-likeness (QED) is 0.890. The van der Waals surface area contributed by atoms with Crippen LogP contribution < -0.4 is 11.1 Å². The smallest absolute Gasteiger partial charge is 0.287 e. The number of carbonyl (C=O) groups excluding carboxylic acids is 1. The molecule has 0 spiro atoms. The minimum Gasteiger partial charge on any atom is -0.436 e. The zero-order valence-electron chi connectivity index (χ0n) is 11.7. The molecule has 4 nitrogen and oxygen atoms in total. The number of furan rings is 1. The summed E-state index contributed by atoms with van der Waals surface area (Å²) in [5, 5.41) is 3.08. The topological polar surface area (TPSA) is 68.3 Å². The van der Waals surface area contributed by atoms with Gasteiger partial charge in [-0.1, -0.05) is 0 Å². The molecule has 20 heavy (non-hydrogen) atoms. The summed E-state index contributed by atoms with van der Waals surface area (Å²) in [4.78, 5) is 12.1. The fourth-order valence-corrected chi connectivity index (χ4v) is 5.34. The van der Waals surface area contributed by atoms with Gasteiger partial charge in [0, 0.05) is 12.6 Å². The standard InChI is InChI=1S/C16H22N2O2/c17-14-2-1-13(20-14)15(19)18-9-16-6-10-3-11(7-16)5-12(4-10)8-16/h1-2,10-12H,3-9,17H2,(H,18,19). The number of hydrogen-bond acceptors (Lipinski definition) is 3. The van der Waals surface area contributed by atoms with Crippen LogP contribution in [0, 0.1) is 23.2 Å². The summed E-state index contributed by atoms with van der Waals surface area (Å²) >= 11 is 0. The van der Waals surface area contributed by atoms with E-state index >= 15 is 0 Å². The summed E-state index contributed by atoms with van der Waals surface area (Å²) in [6.45, 7) is 0.802. The van der Waals surface area contributed by atoms with Crippen LogP contribution in [0.1, 0.15) is 49.1 Å². The second kappa shape index (κ2) is 4.27. The van der Waals surface area contributed by atoms with E-state index in [1.807, 2.05) is 0 Å². The van der Waals surface area contributed by atoms with Crippen molar-refractivity contribution in [1.82, 2.24) is 5.32 Å². The molecule has 4 bridgehead atoms. The van der Waals surface area contributed by atoms with E-state index in [-0.39, 0.29) is 5.91 Å². The van der Waals surface area contributed by atoms with Crippen LogP contribution in [-0.2, 0) is 0 Å². The molecular weight excluding hydrogens is 252 g/mol. The fourth-order valence-electron chi connectivity index (χ4n) is 5.34. The van der Waals surface area contributed by atoms with Crippen LogP contribution in [0.15, 0.2) is 16.5 Å². The first-order chi connectivity index (χ1) is 9.62. The number of rotatable bonds is 3. The average Bonchev–Trinajstić information content (AvgIpc) is 2.81. The van der Waals surface area contributed by atoms with Crippen LogP contribution in [0.5, 0.6) is 0 Å². The molecule has 4 fully saturated rings. The molecule has 4 aliphatic carbocycles. The summed E-state index contributed by atoms with van der Waals surface area (Å²) in [5.41, 5.74) is 5.88. The van der Waals surface area contributed by atoms with Crippen molar-refractivity contribution >= 4 is 11.8 Å². The van der Waals surface area contributed by atoms with E-state index < -0.39 is 0 Å². The Labute approximate surface area is 119 Å². The highest BCUT2D eigenvalue weighted by Crippen LogP contribution is 2.59. The Kier molecular flexibility index (Phi) is 2.63. The third-order valence-corrected chi connectivity index (χ3v) is 5.64. The predicted molar refractivity (Wildman–Crippen MR) is 76.1 cm³/mol. The second-order valence-electron chi connectivity index (χ2n) is 7.30. The number of nitrogens with two attached hydrogens (primary N) is 1. The van der Waals surface area contributed by atoms with E-state index in [4.69, 9.17) is 10.2 Å². The lowest BCUT2D eigenvalue weighted by atomic mass is 9.49. The average molecular weight is 274 g/mol. The molecular formula is C16H22N2O2. The van der Waals surface area contributed by atoms with E-state index in [9.17, 15) is 4.79 Å². The number of hydrogen-bond donors (Lipinski definition) is 2. The molecule has 1 amide bonds. The Morgan fingerprint density at radius 3 is 2.30 bits per heavy atom. The van der Waals surface area contributed by atoms with Gasteiger partial charge < -0.3 is 15.5 Å². The molecule has 0 aromatic carbocycles. The maximum atomic E-state index is 12.1. The Balaban J connectivity index is 1.43. The van der Waals surface area contributed by atoms with Crippen LogP contribution in [0.4, 0.5) is 5.88 Å². The summed E-state index contributed by atoms with van der Waals surface area (Å²) in [6.07, 6.45) is 8.21. The molecule has 0 unspecified atom stereocenters. The van der Waals surface area contributed by atoms with Crippen LogP contribution in [0.3, 0.4) is 0 Å². The molecule has 4 saturated carbocycles. The summed E-state index contributed by atoms with van der Waals surface area (Å²) in [5.74, 6) is 3.24. The lowest BCUT2D eigenvalue weighted by Gasteiger charge is -2.56. The van der Waals surface area contributed by atoms with Crippen molar-refractivity contribution < 1.29 is 9.21 Å². The van der Waals surface area contributed by atoms with E-state index in [1.54, 1.807) is 12.1 Å². The van der Waals surface area contributed by atoms with Gasteiger partial charge in [-0.15, -0.1) is 0 Å². The number of amides is 1. The minimum atomic E-state index is -0.127. The van der Waals surface area contributed by atoms with Crippen molar-refractivity contribution in [2.45, 2.75) is 38.5 Å². The minimum absolute atomic E-state index is 0.127. The molecule has 108 valence electrons. The molecule has 3 N–H and O–H groups in total. The van der Waals surface area contributed by atoms with Gasteiger partial charge in [0.2, 0.25) is 0 Å². The van der Waals surface area contributed by atoms with Gasteiger partial charge in [-0.2, -0.15) is 0 Å². The summed E-state index contributed by atoms with van der Waals surface area (Å²) in [7, 11) is 0. The number of nitrogens with one attached hydrogen (secondary N) is 1. The van der Waals surface area contributed by atoms with E-state index in [0.717, 1.165) is 24.3 Å². The molecule has 0 atom stereocenters. The van der Waals surface area contributed by atoms with Gasteiger partial charge >= 0.3 is 0 Å². The van der Waals surface area contributed by atoms with Crippen LogP contribution >= 0.6 is 0 Å². The Morgan fingerprint density at radius 2 is 1.80 bits per heavy atom. The Hall–Kier alpha value is -1.45. The third kappa shape index (κ3) is 2.02. The summed E-state index contributed by atoms with van der Waals surface area (Å²) < 4.78 is 5.18. The first-order valence-electron chi connectivity index (χ1n) is 7.75. The van der Waals surface area contributed by atoms with E-state index in [0.29, 0.717) is 17.1 Å². The molecule has 5 rings (SSSR count). The third-order valence-electron chi connectivity index (χ3n) is 5.64. The normalized spacial score (nSPS) is 38.1. The Morgan fingerprint density at radius 1 is 1.20 bits per heavy atom. The summed E-state index contributed by atoms with van der Waals surface area (Å²) in [6, 6.07) is 3.27. The highest BCUT2D eigenvalue weighted by Gasteiger charge is 2.50. The molecule has 0 aliphatic heterocycles. The van der Waals surface area contributed by atoms with Gasteiger partial charge in [-0.05, 0) is 67.8 Å². The first-order valence-corrected chi connectivity index (χ1v) is 7.75. The molecule has 1 aromatic rings. The van der Waals surface area contributed by atoms with E-state index in [2.05, 4.69) is 5.32 Å². The van der Waals surface area contributed by atoms with Gasteiger partial charge in [0.15, 0.2) is 11.6 Å². The first kappa shape index (κ1) is 12.3. The lowest BCUT2D eigenvalue weighted by Crippen LogP contribution is -2.51. The zero-order chi connectivity index (χ0) is 13.7. The maximum Gasteiger partial charge on any atom is 0.287 e. The molecule has 1 heterocycles. The van der Waals surface area contributed by atoms with Gasteiger partial charge in [-0.3, -0.25) is 4.79 Å². The highest BCUT2D eigenvalue weighted by molar-refractivity contribution is 5.91.